The first kappa shape index (κ1) is 14.4. The highest BCUT2D eigenvalue weighted by molar-refractivity contribution is 6.13. The lowest BCUT2D eigenvalue weighted by Gasteiger charge is -2.03. The first-order chi connectivity index (χ1) is 11.0. The number of benzene rings is 1. The third-order valence-electron chi connectivity index (χ3n) is 3.41. The van der Waals surface area contributed by atoms with Gasteiger partial charge in [-0.05, 0) is 29.3 Å². The van der Waals surface area contributed by atoms with Crippen molar-refractivity contribution in [3.63, 3.8) is 0 Å². The number of nitrogens with one attached hydrogen (secondary N) is 2. The van der Waals surface area contributed by atoms with Crippen LogP contribution in [0.15, 0.2) is 36.5 Å². The lowest BCUT2D eigenvalue weighted by Crippen LogP contribution is -2.22. The van der Waals surface area contributed by atoms with Crippen molar-refractivity contribution in [1.82, 2.24) is 9.97 Å². The predicted octanol–water partition coefficient (Wildman–Crippen LogP) is 1.40. The summed E-state index contributed by atoms with van der Waals surface area (Å²) in [5.74, 6) is -0.0877. The largest absolute Gasteiger partial charge is 0.384 e. The molecule has 23 heavy (non-hydrogen) atoms. The van der Waals surface area contributed by atoms with Crippen LogP contribution in [0.2, 0.25) is 0 Å². The van der Waals surface area contributed by atoms with Gasteiger partial charge in [-0.2, -0.15) is 0 Å². The van der Waals surface area contributed by atoms with Crippen LogP contribution in [0.25, 0.3) is 22.0 Å². The van der Waals surface area contributed by atoms with Gasteiger partial charge < -0.3 is 22.2 Å². The summed E-state index contributed by atoms with van der Waals surface area (Å²) >= 11 is 0. The van der Waals surface area contributed by atoms with Crippen LogP contribution in [-0.2, 0) is 0 Å². The zero-order valence-corrected chi connectivity index (χ0v) is 12.0. The molecule has 8 nitrogen and oxygen atoms in total. The van der Waals surface area contributed by atoms with Gasteiger partial charge in [0.05, 0.1) is 5.56 Å². The molecule has 0 bridgehead atoms. The summed E-state index contributed by atoms with van der Waals surface area (Å²) in [5, 5.41) is 2.95. The molecule has 2 heterocycles. The summed E-state index contributed by atoms with van der Waals surface area (Å²) < 4.78 is 0. The third-order valence-corrected chi connectivity index (χ3v) is 3.41. The number of H-pyrrole nitrogens is 1. The number of fused-ring (bicyclic) bond motifs is 1. The summed E-state index contributed by atoms with van der Waals surface area (Å²) in [4.78, 5) is 29.6. The number of nitrogen functional groups attached to an aromatic ring is 1. The Bertz CT molecular complexity index is 931. The van der Waals surface area contributed by atoms with Gasteiger partial charge in [0, 0.05) is 17.1 Å². The van der Waals surface area contributed by atoms with E-state index in [0.29, 0.717) is 16.7 Å². The lowest BCUT2D eigenvalue weighted by molar-refractivity contribution is 0.100. The minimum atomic E-state index is -0.791. The molecule has 1 aromatic carbocycles. The summed E-state index contributed by atoms with van der Waals surface area (Å²) in [6.07, 6.45) is 1.61. The van der Waals surface area contributed by atoms with Crippen LogP contribution in [0.5, 0.6) is 0 Å². The molecule has 116 valence electrons. The summed E-state index contributed by atoms with van der Waals surface area (Å²) in [7, 11) is 0. The second kappa shape index (κ2) is 5.34. The summed E-state index contributed by atoms with van der Waals surface area (Å²) in [5.41, 5.74) is 18.8. The van der Waals surface area contributed by atoms with Crippen molar-refractivity contribution in [1.29, 1.82) is 0 Å². The second-order valence-electron chi connectivity index (χ2n) is 4.96. The van der Waals surface area contributed by atoms with E-state index in [1.54, 1.807) is 18.3 Å². The molecule has 0 saturated carbocycles. The van der Waals surface area contributed by atoms with Crippen LogP contribution in [-0.4, -0.2) is 21.9 Å². The number of nitrogens with zero attached hydrogens (tertiary/aromatic N) is 1. The van der Waals surface area contributed by atoms with E-state index in [1.165, 1.54) is 0 Å². The molecule has 3 aromatic rings. The first-order valence-electron chi connectivity index (χ1n) is 6.69. The Balaban J connectivity index is 2.17. The number of aromatic nitrogens is 2. The normalized spacial score (nSPS) is 10.6. The zero-order chi connectivity index (χ0) is 16.6. The minimum Gasteiger partial charge on any atom is -0.384 e. The summed E-state index contributed by atoms with van der Waals surface area (Å²) in [6, 6.07) is 8.15. The van der Waals surface area contributed by atoms with Gasteiger partial charge in [0.1, 0.15) is 11.6 Å². The number of pyridine rings is 1. The van der Waals surface area contributed by atoms with E-state index in [4.69, 9.17) is 17.2 Å². The molecule has 0 aliphatic heterocycles. The van der Waals surface area contributed by atoms with Crippen molar-refractivity contribution in [2.45, 2.75) is 0 Å². The van der Waals surface area contributed by atoms with Gasteiger partial charge in [0.25, 0.3) is 5.91 Å². The Morgan fingerprint density at radius 2 is 1.83 bits per heavy atom. The van der Waals surface area contributed by atoms with E-state index in [1.807, 2.05) is 18.2 Å². The highest BCUT2D eigenvalue weighted by atomic mass is 16.2. The van der Waals surface area contributed by atoms with Crippen molar-refractivity contribution >= 4 is 34.5 Å². The van der Waals surface area contributed by atoms with Crippen molar-refractivity contribution < 1.29 is 9.59 Å². The molecule has 3 rings (SSSR count). The van der Waals surface area contributed by atoms with Crippen molar-refractivity contribution in [3.8, 4) is 11.1 Å². The van der Waals surface area contributed by atoms with Gasteiger partial charge in [-0.3, -0.25) is 10.1 Å². The molecule has 8 heteroatoms. The quantitative estimate of drug-likeness (QED) is 0.496. The van der Waals surface area contributed by atoms with Crippen LogP contribution >= 0.6 is 0 Å². The lowest BCUT2D eigenvalue weighted by atomic mass is 10.0. The Labute approximate surface area is 130 Å². The van der Waals surface area contributed by atoms with Crippen molar-refractivity contribution in [2.24, 2.45) is 11.5 Å². The van der Waals surface area contributed by atoms with E-state index in [0.717, 1.165) is 11.1 Å². The maximum atomic E-state index is 11.7. The monoisotopic (exact) mass is 310 g/mol. The molecule has 0 atom stereocenters. The minimum absolute atomic E-state index is 0.173. The molecule has 8 N–H and O–H groups in total. The molecule has 0 radical (unpaired) electrons. The Kier molecular flexibility index (Phi) is 3.34. The van der Waals surface area contributed by atoms with Crippen LogP contribution in [0.3, 0.4) is 0 Å². The highest BCUT2D eigenvalue weighted by Gasteiger charge is 2.17. The fourth-order valence-electron chi connectivity index (χ4n) is 2.48. The maximum absolute atomic E-state index is 11.7. The number of nitrogens with two attached hydrogens (primary N) is 3. The topological polar surface area (TPSA) is 153 Å². The number of hydrogen-bond donors (Lipinski definition) is 5. The first-order valence-corrected chi connectivity index (χ1v) is 6.69. The highest BCUT2D eigenvalue weighted by Crippen LogP contribution is 2.30. The standard InChI is InChI=1S/C15H14N6O2/c16-11-6-8(3-4-19-11)7-1-2-9-10(5-7)20-14(21-15(18)23)12(9)13(17)22/h1-6,20H,(H2,16,19)(H2,17,22)(H3,18,21,23). The second-order valence-corrected chi connectivity index (χ2v) is 4.96. The van der Waals surface area contributed by atoms with E-state index in [9.17, 15) is 9.59 Å². The SMILES string of the molecule is NC(=O)Nc1[nH]c2cc(-c3ccnc(N)c3)ccc2c1C(N)=O. The number of urea groups is 1. The number of primary amides is 2. The van der Waals surface area contributed by atoms with Gasteiger partial charge in [-0.15, -0.1) is 0 Å². The number of anilines is 2. The van der Waals surface area contributed by atoms with Gasteiger partial charge in [0.15, 0.2) is 0 Å². The number of hydrogen-bond acceptors (Lipinski definition) is 4. The molecule has 3 amide bonds. The number of carbonyl (C=O) groups is 2. The zero-order valence-electron chi connectivity index (χ0n) is 12.0. The predicted molar refractivity (Wildman–Crippen MR) is 87.7 cm³/mol. The molecule has 0 spiro atoms. The van der Waals surface area contributed by atoms with Crippen LogP contribution < -0.4 is 22.5 Å². The van der Waals surface area contributed by atoms with Crippen LogP contribution in [0, 0.1) is 0 Å². The number of amides is 3. The van der Waals surface area contributed by atoms with Crippen molar-refractivity contribution in [2.75, 3.05) is 11.1 Å². The average Bonchev–Trinajstić information content (AvgIpc) is 2.83. The van der Waals surface area contributed by atoms with Crippen molar-refractivity contribution in [3.05, 3.63) is 42.1 Å². The Hall–Kier alpha value is -3.55. The number of rotatable bonds is 3. The molecule has 0 unspecified atom stereocenters. The molecule has 0 fully saturated rings. The number of carbonyl (C=O) groups excluding carboxylic acids is 2. The smallest absolute Gasteiger partial charge is 0.317 e. The van der Waals surface area contributed by atoms with Gasteiger partial charge in [0.2, 0.25) is 0 Å². The maximum Gasteiger partial charge on any atom is 0.317 e. The van der Waals surface area contributed by atoms with E-state index in [2.05, 4.69) is 15.3 Å². The summed E-state index contributed by atoms with van der Waals surface area (Å²) in [6.45, 7) is 0. The van der Waals surface area contributed by atoms with Crippen LogP contribution in [0.4, 0.5) is 16.4 Å². The van der Waals surface area contributed by atoms with E-state index >= 15 is 0 Å². The number of aromatic amines is 1. The van der Waals surface area contributed by atoms with Gasteiger partial charge >= 0.3 is 6.03 Å². The van der Waals surface area contributed by atoms with E-state index < -0.39 is 11.9 Å². The van der Waals surface area contributed by atoms with E-state index in [-0.39, 0.29) is 11.4 Å². The average molecular weight is 310 g/mol. The molecule has 0 aliphatic carbocycles. The molecule has 2 aromatic heterocycles. The fourth-order valence-corrected chi connectivity index (χ4v) is 2.48. The fraction of sp³-hybridized carbons (Fsp3) is 0. The third kappa shape index (κ3) is 2.64. The Morgan fingerprint density at radius 1 is 1.09 bits per heavy atom. The molecular formula is C15H14N6O2. The van der Waals surface area contributed by atoms with Gasteiger partial charge in [-0.25, -0.2) is 9.78 Å². The van der Waals surface area contributed by atoms with Crippen LogP contribution in [0.1, 0.15) is 10.4 Å². The van der Waals surface area contributed by atoms with Gasteiger partial charge in [-0.1, -0.05) is 12.1 Å². The molecule has 0 saturated heterocycles. The molecular weight excluding hydrogens is 296 g/mol. The Morgan fingerprint density at radius 3 is 2.48 bits per heavy atom. The molecule has 0 aliphatic rings.